The van der Waals surface area contributed by atoms with Gasteiger partial charge in [0.25, 0.3) is 0 Å². The first-order valence-electron chi connectivity index (χ1n) is 6.57. The minimum Gasteiger partial charge on any atom is -0.480 e. The second kappa shape index (κ2) is 5.10. The summed E-state index contributed by atoms with van der Waals surface area (Å²) in [5.74, 6) is -0.734. The van der Waals surface area contributed by atoms with E-state index in [9.17, 15) is 9.90 Å². The Morgan fingerprint density at radius 2 is 2.50 bits per heavy atom. The first kappa shape index (κ1) is 13.1. The topological polar surface area (TPSA) is 67.2 Å². The summed E-state index contributed by atoms with van der Waals surface area (Å²) in [6, 6.07) is 2.15. The summed E-state index contributed by atoms with van der Waals surface area (Å²) in [6.45, 7) is 4.74. The molecule has 1 saturated carbocycles. The molecule has 1 aliphatic rings. The minimum absolute atomic E-state index is 0.194. The van der Waals surface area contributed by atoms with E-state index in [2.05, 4.69) is 10.4 Å². The van der Waals surface area contributed by atoms with Gasteiger partial charge in [-0.05, 0) is 45.2 Å². The molecular weight excluding hydrogens is 230 g/mol. The summed E-state index contributed by atoms with van der Waals surface area (Å²) in [4.78, 5) is 11.5. The number of carboxylic acid groups (broad SMARTS) is 1. The molecule has 0 bridgehead atoms. The smallest absolute Gasteiger partial charge is 0.323 e. The lowest BCUT2D eigenvalue weighted by atomic mass is 9.97. The number of aryl methyl sites for hydroxylation is 1. The SMILES string of the molecule is CCCNC1(C(=O)O)CCC(n2ccc(C)n2)C1. The van der Waals surface area contributed by atoms with Gasteiger partial charge in [0.05, 0.1) is 11.7 Å². The molecule has 0 aromatic carbocycles. The van der Waals surface area contributed by atoms with E-state index in [1.807, 2.05) is 30.8 Å². The van der Waals surface area contributed by atoms with Gasteiger partial charge in [0.15, 0.2) is 0 Å². The van der Waals surface area contributed by atoms with Crippen LogP contribution in [0.3, 0.4) is 0 Å². The van der Waals surface area contributed by atoms with E-state index in [1.165, 1.54) is 0 Å². The van der Waals surface area contributed by atoms with Gasteiger partial charge in [-0.2, -0.15) is 5.10 Å². The maximum Gasteiger partial charge on any atom is 0.323 e. The number of hydrogen-bond acceptors (Lipinski definition) is 3. The first-order valence-corrected chi connectivity index (χ1v) is 6.57. The molecule has 2 N–H and O–H groups in total. The van der Waals surface area contributed by atoms with Crippen LogP contribution in [0.4, 0.5) is 0 Å². The molecule has 0 aliphatic heterocycles. The second-order valence-electron chi connectivity index (χ2n) is 5.15. The number of aliphatic carboxylic acids is 1. The highest BCUT2D eigenvalue weighted by molar-refractivity contribution is 5.79. The van der Waals surface area contributed by atoms with Crippen LogP contribution >= 0.6 is 0 Å². The van der Waals surface area contributed by atoms with E-state index in [4.69, 9.17) is 0 Å². The Bertz CT molecular complexity index is 430. The van der Waals surface area contributed by atoms with Crippen LogP contribution in [0.15, 0.2) is 12.3 Å². The maximum atomic E-state index is 11.5. The van der Waals surface area contributed by atoms with Gasteiger partial charge in [0.1, 0.15) is 5.54 Å². The van der Waals surface area contributed by atoms with Crippen LogP contribution in [-0.4, -0.2) is 32.9 Å². The largest absolute Gasteiger partial charge is 0.480 e. The van der Waals surface area contributed by atoms with E-state index in [0.29, 0.717) is 12.8 Å². The molecule has 5 nitrogen and oxygen atoms in total. The van der Waals surface area contributed by atoms with Gasteiger partial charge in [0.2, 0.25) is 0 Å². The van der Waals surface area contributed by atoms with Crippen LogP contribution in [0.1, 0.15) is 44.3 Å². The fraction of sp³-hybridized carbons (Fsp3) is 0.692. The predicted octanol–water partition coefficient (Wildman–Crippen LogP) is 1.74. The van der Waals surface area contributed by atoms with E-state index >= 15 is 0 Å². The predicted molar refractivity (Wildman–Crippen MR) is 68.5 cm³/mol. The van der Waals surface area contributed by atoms with Crippen LogP contribution in [-0.2, 0) is 4.79 Å². The molecule has 1 fully saturated rings. The number of hydrogen-bond donors (Lipinski definition) is 2. The number of rotatable bonds is 5. The third kappa shape index (κ3) is 2.41. The van der Waals surface area contributed by atoms with Crippen molar-refractivity contribution in [1.29, 1.82) is 0 Å². The van der Waals surface area contributed by atoms with Crippen molar-refractivity contribution >= 4 is 5.97 Å². The van der Waals surface area contributed by atoms with E-state index in [-0.39, 0.29) is 6.04 Å². The highest BCUT2D eigenvalue weighted by atomic mass is 16.4. The Morgan fingerprint density at radius 1 is 1.72 bits per heavy atom. The lowest BCUT2D eigenvalue weighted by Crippen LogP contribution is -2.50. The highest BCUT2D eigenvalue weighted by Gasteiger charge is 2.45. The fourth-order valence-electron chi connectivity index (χ4n) is 2.68. The Kier molecular flexibility index (Phi) is 3.71. The number of nitrogens with one attached hydrogen (secondary N) is 1. The molecule has 18 heavy (non-hydrogen) atoms. The van der Waals surface area contributed by atoms with Crippen molar-refractivity contribution in [3.05, 3.63) is 18.0 Å². The van der Waals surface area contributed by atoms with Crippen LogP contribution in [0, 0.1) is 6.92 Å². The van der Waals surface area contributed by atoms with Gasteiger partial charge in [0, 0.05) is 6.20 Å². The molecule has 2 unspecified atom stereocenters. The van der Waals surface area contributed by atoms with Crippen molar-refractivity contribution in [1.82, 2.24) is 15.1 Å². The van der Waals surface area contributed by atoms with Crippen LogP contribution in [0.2, 0.25) is 0 Å². The van der Waals surface area contributed by atoms with E-state index in [1.54, 1.807) is 0 Å². The lowest BCUT2D eigenvalue weighted by molar-refractivity contribution is -0.144. The van der Waals surface area contributed by atoms with Gasteiger partial charge < -0.3 is 10.4 Å². The van der Waals surface area contributed by atoms with Crippen LogP contribution in [0.5, 0.6) is 0 Å². The zero-order chi connectivity index (χ0) is 13.2. The average Bonchev–Trinajstić information content (AvgIpc) is 2.93. The normalized spacial score (nSPS) is 27.6. The lowest BCUT2D eigenvalue weighted by Gasteiger charge is -2.25. The highest BCUT2D eigenvalue weighted by Crippen LogP contribution is 2.37. The molecule has 2 rings (SSSR count). The molecule has 100 valence electrons. The molecule has 1 aliphatic carbocycles. The molecule has 0 saturated heterocycles. The van der Waals surface area contributed by atoms with Crippen molar-refractivity contribution in [3.8, 4) is 0 Å². The van der Waals surface area contributed by atoms with E-state index < -0.39 is 11.5 Å². The third-order valence-corrected chi connectivity index (χ3v) is 3.73. The summed E-state index contributed by atoms with van der Waals surface area (Å²) in [7, 11) is 0. The zero-order valence-electron chi connectivity index (χ0n) is 11.0. The van der Waals surface area contributed by atoms with E-state index in [0.717, 1.165) is 25.1 Å². The molecule has 1 aromatic rings. The number of carboxylic acids is 1. The van der Waals surface area contributed by atoms with Crippen molar-refractivity contribution in [2.24, 2.45) is 0 Å². The second-order valence-corrected chi connectivity index (χ2v) is 5.15. The number of nitrogens with zero attached hydrogens (tertiary/aromatic N) is 2. The Hall–Kier alpha value is -1.36. The molecule has 1 heterocycles. The Labute approximate surface area is 107 Å². The van der Waals surface area contributed by atoms with Gasteiger partial charge >= 0.3 is 5.97 Å². The van der Waals surface area contributed by atoms with Crippen molar-refractivity contribution in [3.63, 3.8) is 0 Å². The van der Waals surface area contributed by atoms with Gasteiger partial charge in [-0.15, -0.1) is 0 Å². The summed E-state index contributed by atoms with van der Waals surface area (Å²) in [5.41, 5.74) is 0.213. The monoisotopic (exact) mass is 251 g/mol. The Balaban J connectivity index is 2.10. The summed E-state index contributed by atoms with van der Waals surface area (Å²) < 4.78 is 1.91. The minimum atomic E-state index is -0.763. The standard InChI is InChI=1S/C13H21N3O2/c1-3-7-14-13(12(17)18)6-4-11(9-13)16-8-5-10(2)15-16/h5,8,11,14H,3-4,6-7,9H2,1-2H3,(H,17,18). The summed E-state index contributed by atoms with van der Waals surface area (Å²) in [6.07, 6.45) is 5.04. The maximum absolute atomic E-state index is 11.5. The summed E-state index contributed by atoms with van der Waals surface area (Å²) in [5, 5.41) is 17.1. The molecule has 0 spiro atoms. The van der Waals surface area contributed by atoms with Crippen molar-refractivity contribution in [2.45, 2.75) is 51.1 Å². The molecular formula is C13H21N3O2. The zero-order valence-corrected chi connectivity index (χ0v) is 11.0. The van der Waals surface area contributed by atoms with Gasteiger partial charge in [-0.3, -0.25) is 9.48 Å². The molecule has 0 radical (unpaired) electrons. The number of carbonyl (C=O) groups is 1. The van der Waals surface area contributed by atoms with Crippen LogP contribution in [0.25, 0.3) is 0 Å². The molecule has 0 amide bonds. The number of aromatic nitrogens is 2. The molecule has 2 atom stereocenters. The molecule has 1 aromatic heterocycles. The first-order chi connectivity index (χ1) is 8.57. The van der Waals surface area contributed by atoms with Gasteiger partial charge in [-0.25, -0.2) is 0 Å². The quantitative estimate of drug-likeness (QED) is 0.836. The average molecular weight is 251 g/mol. The fourth-order valence-corrected chi connectivity index (χ4v) is 2.68. The van der Waals surface area contributed by atoms with Crippen molar-refractivity contribution in [2.75, 3.05) is 6.54 Å². The van der Waals surface area contributed by atoms with Gasteiger partial charge in [-0.1, -0.05) is 6.92 Å². The van der Waals surface area contributed by atoms with Crippen molar-refractivity contribution < 1.29 is 9.90 Å². The third-order valence-electron chi connectivity index (χ3n) is 3.73. The molecule has 5 heteroatoms. The van der Waals surface area contributed by atoms with Crippen LogP contribution < -0.4 is 5.32 Å². The Morgan fingerprint density at radius 3 is 3.06 bits per heavy atom. The summed E-state index contributed by atoms with van der Waals surface area (Å²) >= 11 is 0.